The summed E-state index contributed by atoms with van der Waals surface area (Å²) < 4.78 is 29.7. The molecular formula is C18H22O6. The third-order valence-electron chi connectivity index (χ3n) is 4.47. The Kier molecular flexibility index (Phi) is 3.60. The second-order valence-corrected chi connectivity index (χ2v) is 7.32. The molecule has 1 aromatic rings. The molecular weight excluding hydrogens is 312 g/mol. The van der Waals surface area contributed by atoms with Crippen LogP contribution >= 0.6 is 0 Å². The molecule has 0 aromatic heterocycles. The summed E-state index contributed by atoms with van der Waals surface area (Å²) in [6, 6.07) is 9.05. The van der Waals surface area contributed by atoms with Gasteiger partial charge in [0.2, 0.25) is 0 Å². The van der Waals surface area contributed by atoms with Crippen molar-refractivity contribution in [1.82, 2.24) is 0 Å². The largest absolute Gasteiger partial charge is 0.342 e. The van der Waals surface area contributed by atoms with E-state index in [0.717, 1.165) is 0 Å². The van der Waals surface area contributed by atoms with Gasteiger partial charge in [0, 0.05) is 5.56 Å². The summed E-state index contributed by atoms with van der Waals surface area (Å²) in [5.41, 5.74) is 0.575. The van der Waals surface area contributed by atoms with E-state index in [-0.39, 0.29) is 5.78 Å². The molecule has 3 aliphatic rings. The van der Waals surface area contributed by atoms with E-state index in [1.54, 1.807) is 12.1 Å². The van der Waals surface area contributed by atoms with Crippen LogP contribution < -0.4 is 0 Å². The number of fused-ring (bicyclic) bond motifs is 3. The predicted octanol–water partition coefficient (Wildman–Crippen LogP) is 2.27. The van der Waals surface area contributed by atoms with Crippen LogP contribution in [0.2, 0.25) is 0 Å². The highest BCUT2D eigenvalue weighted by Crippen LogP contribution is 2.44. The minimum absolute atomic E-state index is 0.140. The summed E-state index contributed by atoms with van der Waals surface area (Å²) >= 11 is 0. The van der Waals surface area contributed by atoms with Crippen molar-refractivity contribution in [2.24, 2.45) is 0 Å². The maximum absolute atomic E-state index is 12.9. The number of hydrogen-bond acceptors (Lipinski definition) is 6. The molecule has 0 amide bonds. The summed E-state index contributed by atoms with van der Waals surface area (Å²) in [6.07, 6.45) is -2.83. The summed E-state index contributed by atoms with van der Waals surface area (Å²) in [7, 11) is 0. The molecule has 0 N–H and O–H groups in total. The molecule has 5 atom stereocenters. The molecule has 3 fully saturated rings. The standard InChI is InChI=1S/C18H22O6/c1-17(2)21-13-12(11(19)10-8-6-5-7-9-10)20-16-15(14(13)22-17)23-18(3,4)24-16/h5-9,12-16H,1-4H3/t12-,13+,14+,15+,16-/m0/s1. The fraction of sp³-hybridized carbons (Fsp3) is 0.611. The van der Waals surface area contributed by atoms with Gasteiger partial charge in [-0.05, 0) is 27.7 Å². The lowest BCUT2D eigenvalue weighted by Crippen LogP contribution is -2.57. The van der Waals surface area contributed by atoms with Gasteiger partial charge in [0.15, 0.2) is 29.8 Å². The van der Waals surface area contributed by atoms with Crippen LogP contribution in [-0.2, 0) is 23.7 Å². The monoisotopic (exact) mass is 334 g/mol. The van der Waals surface area contributed by atoms with E-state index in [9.17, 15) is 4.79 Å². The maximum atomic E-state index is 12.9. The molecule has 4 rings (SSSR count). The molecule has 1 aromatic carbocycles. The quantitative estimate of drug-likeness (QED) is 0.773. The lowest BCUT2D eigenvalue weighted by atomic mass is 9.93. The second kappa shape index (κ2) is 5.34. The molecule has 24 heavy (non-hydrogen) atoms. The average Bonchev–Trinajstić information content (AvgIpc) is 3.00. The molecule has 6 heteroatoms. The molecule has 0 saturated carbocycles. The SMILES string of the molecule is CC1(C)O[C@@H]2O[C@@H](C(=O)c3ccccc3)[C@H]3OC(C)(C)O[C@H]3[C@H]2O1. The van der Waals surface area contributed by atoms with Crippen molar-refractivity contribution >= 4 is 5.78 Å². The van der Waals surface area contributed by atoms with Gasteiger partial charge in [0.25, 0.3) is 0 Å². The van der Waals surface area contributed by atoms with Crippen molar-refractivity contribution < 1.29 is 28.5 Å². The summed E-state index contributed by atoms with van der Waals surface area (Å²) in [6.45, 7) is 7.29. The van der Waals surface area contributed by atoms with Crippen molar-refractivity contribution in [3.8, 4) is 0 Å². The Morgan fingerprint density at radius 3 is 2.12 bits per heavy atom. The Hall–Kier alpha value is -1.31. The molecule has 3 heterocycles. The average molecular weight is 334 g/mol. The van der Waals surface area contributed by atoms with E-state index in [0.29, 0.717) is 5.56 Å². The van der Waals surface area contributed by atoms with Gasteiger partial charge in [0.1, 0.15) is 18.3 Å². The zero-order chi connectivity index (χ0) is 17.1. The van der Waals surface area contributed by atoms with E-state index in [4.69, 9.17) is 23.7 Å². The zero-order valence-corrected chi connectivity index (χ0v) is 14.2. The maximum Gasteiger partial charge on any atom is 0.194 e. The van der Waals surface area contributed by atoms with Gasteiger partial charge < -0.3 is 23.7 Å². The van der Waals surface area contributed by atoms with Gasteiger partial charge >= 0.3 is 0 Å². The third kappa shape index (κ3) is 2.68. The van der Waals surface area contributed by atoms with Crippen LogP contribution in [0.1, 0.15) is 38.1 Å². The molecule has 3 saturated heterocycles. The van der Waals surface area contributed by atoms with E-state index in [2.05, 4.69) is 0 Å². The number of carbonyl (C=O) groups is 1. The minimum atomic E-state index is -0.807. The van der Waals surface area contributed by atoms with Gasteiger partial charge in [-0.15, -0.1) is 0 Å². The van der Waals surface area contributed by atoms with Crippen LogP contribution in [0.25, 0.3) is 0 Å². The molecule has 130 valence electrons. The van der Waals surface area contributed by atoms with Crippen molar-refractivity contribution in [1.29, 1.82) is 0 Å². The van der Waals surface area contributed by atoms with E-state index < -0.39 is 42.3 Å². The number of hydrogen-bond donors (Lipinski definition) is 0. The number of ether oxygens (including phenoxy) is 5. The second-order valence-electron chi connectivity index (χ2n) is 7.32. The Balaban J connectivity index is 1.67. The molecule has 0 aliphatic carbocycles. The lowest BCUT2D eigenvalue weighted by Gasteiger charge is -2.36. The normalized spacial score (nSPS) is 39.2. The van der Waals surface area contributed by atoms with Gasteiger partial charge in [-0.1, -0.05) is 30.3 Å². The van der Waals surface area contributed by atoms with Gasteiger partial charge in [-0.3, -0.25) is 4.79 Å². The number of carbonyl (C=O) groups excluding carboxylic acids is 1. The number of ketones is 1. The number of benzene rings is 1. The molecule has 6 nitrogen and oxygen atoms in total. The van der Waals surface area contributed by atoms with Crippen molar-refractivity contribution in [2.75, 3.05) is 0 Å². The first-order valence-corrected chi connectivity index (χ1v) is 8.22. The summed E-state index contributed by atoms with van der Waals surface area (Å²) in [4.78, 5) is 12.9. The van der Waals surface area contributed by atoms with Crippen LogP contribution in [0.3, 0.4) is 0 Å². The molecule has 0 radical (unpaired) electrons. The van der Waals surface area contributed by atoms with Crippen molar-refractivity contribution in [3.63, 3.8) is 0 Å². The Bertz CT molecular complexity index is 640. The first kappa shape index (κ1) is 16.2. The van der Waals surface area contributed by atoms with E-state index in [1.807, 2.05) is 45.9 Å². The highest BCUT2D eigenvalue weighted by molar-refractivity contribution is 6.00. The predicted molar refractivity (Wildman–Crippen MR) is 83.3 cm³/mol. The smallest absolute Gasteiger partial charge is 0.194 e. The Morgan fingerprint density at radius 1 is 0.833 bits per heavy atom. The van der Waals surface area contributed by atoms with Gasteiger partial charge in [0.05, 0.1) is 0 Å². The summed E-state index contributed by atoms with van der Waals surface area (Å²) in [5.74, 6) is -1.74. The highest BCUT2D eigenvalue weighted by Gasteiger charge is 2.62. The van der Waals surface area contributed by atoms with Crippen molar-refractivity contribution in [2.45, 2.75) is 70.0 Å². The highest BCUT2D eigenvalue weighted by atomic mass is 16.9. The lowest BCUT2D eigenvalue weighted by molar-refractivity contribution is -0.221. The van der Waals surface area contributed by atoms with Crippen LogP contribution in [0.5, 0.6) is 0 Å². The van der Waals surface area contributed by atoms with E-state index >= 15 is 0 Å². The minimum Gasteiger partial charge on any atom is -0.342 e. The van der Waals surface area contributed by atoms with E-state index in [1.165, 1.54) is 0 Å². The molecule has 0 bridgehead atoms. The Morgan fingerprint density at radius 2 is 1.42 bits per heavy atom. The molecule has 0 spiro atoms. The van der Waals surface area contributed by atoms with Crippen LogP contribution in [0.4, 0.5) is 0 Å². The first-order chi connectivity index (χ1) is 11.3. The zero-order valence-electron chi connectivity index (χ0n) is 14.2. The fourth-order valence-electron chi connectivity index (χ4n) is 3.59. The van der Waals surface area contributed by atoms with Crippen LogP contribution in [-0.4, -0.2) is 48.1 Å². The van der Waals surface area contributed by atoms with Crippen molar-refractivity contribution in [3.05, 3.63) is 35.9 Å². The fourth-order valence-corrected chi connectivity index (χ4v) is 3.59. The molecule has 3 aliphatic heterocycles. The topological polar surface area (TPSA) is 63.2 Å². The van der Waals surface area contributed by atoms with Gasteiger partial charge in [-0.2, -0.15) is 0 Å². The Labute approximate surface area is 141 Å². The van der Waals surface area contributed by atoms with Crippen LogP contribution in [0.15, 0.2) is 30.3 Å². The first-order valence-electron chi connectivity index (χ1n) is 8.22. The number of Topliss-reactive ketones (excluding diaryl/α,β-unsaturated/α-hetero) is 1. The van der Waals surface area contributed by atoms with Crippen LogP contribution in [0, 0.1) is 0 Å². The number of rotatable bonds is 2. The summed E-state index contributed by atoms with van der Waals surface area (Å²) in [5, 5.41) is 0. The third-order valence-corrected chi connectivity index (χ3v) is 4.47. The molecule has 0 unspecified atom stereocenters. The van der Waals surface area contributed by atoms with Gasteiger partial charge in [-0.25, -0.2) is 0 Å².